The zero-order chi connectivity index (χ0) is 28.3. The lowest BCUT2D eigenvalue weighted by Crippen LogP contribution is -2.61. The van der Waals surface area contributed by atoms with Crippen molar-refractivity contribution in [3.8, 4) is 0 Å². The average Bonchev–Trinajstić information content (AvgIpc) is 3.34. The van der Waals surface area contributed by atoms with Gasteiger partial charge in [0.05, 0.1) is 35.8 Å². The van der Waals surface area contributed by atoms with Crippen LogP contribution in [0.3, 0.4) is 0 Å². The zero-order valence-electron chi connectivity index (χ0n) is 22.3. The van der Waals surface area contributed by atoms with Crippen molar-refractivity contribution < 1.29 is 22.7 Å². The predicted octanol–water partition coefficient (Wildman–Crippen LogP) is 4.18. The van der Waals surface area contributed by atoms with E-state index >= 15 is 0 Å². The lowest BCUT2D eigenvalue weighted by molar-refractivity contribution is -0.137. The maximum atomic E-state index is 13.4. The van der Waals surface area contributed by atoms with Gasteiger partial charge in [-0.05, 0) is 56.9 Å². The molecule has 0 bridgehead atoms. The Bertz CT molecular complexity index is 1330. The third kappa shape index (κ3) is 6.25. The molecule has 0 aliphatic carbocycles. The fourth-order valence-corrected chi connectivity index (χ4v) is 5.33. The van der Waals surface area contributed by atoms with Gasteiger partial charge in [-0.3, -0.25) is 9.36 Å². The van der Waals surface area contributed by atoms with Crippen LogP contribution in [0.5, 0.6) is 0 Å². The molecule has 1 aliphatic rings. The molecule has 4 rings (SSSR count). The van der Waals surface area contributed by atoms with Crippen LogP contribution in [0.1, 0.15) is 61.5 Å². The maximum Gasteiger partial charge on any atom is 0.416 e. The summed E-state index contributed by atoms with van der Waals surface area (Å²) in [6.07, 6.45) is -2.60. The SMILES string of the molecule is CCNC(=O)C[C@]1(n2cn[nH]c2=O)CC[C@@](CO[C@H](C)c2cc(C)cc(C(F)(F)F)c2)(c2ccccc2)NC1. The Morgan fingerprint density at radius 1 is 1.21 bits per heavy atom. The van der Waals surface area contributed by atoms with Crippen LogP contribution in [0.25, 0.3) is 0 Å². The molecule has 1 saturated heterocycles. The van der Waals surface area contributed by atoms with Gasteiger partial charge < -0.3 is 15.4 Å². The van der Waals surface area contributed by atoms with Gasteiger partial charge in [0.25, 0.3) is 0 Å². The largest absolute Gasteiger partial charge is 0.416 e. The molecule has 0 saturated carbocycles. The Labute approximate surface area is 225 Å². The number of alkyl halides is 3. The third-order valence-electron chi connectivity index (χ3n) is 7.50. The van der Waals surface area contributed by atoms with Crippen molar-refractivity contribution in [2.24, 2.45) is 0 Å². The molecule has 2 aromatic carbocycles. The molecule has 39 heavy (non-hydrogen) atoms. The number of aromatic amines is 1. The number of benzene rings is 2. The van der Waals surface area contributed by atoms with Crippen LogP contribution in [0.2, 0.25) is 0 Å². The van der Waals surface area contributed by atoms with E-state index in [1.54, 1.807) is 19.9 Å². The Kier molecular flexibility index (Phi) is 8.31. The summed E-state index contributed by atoms with van der Waals surface area (Å²) in [6.45, 7) is 6.12. The lowest BCUT2D eigenvalue weighted by atomic mass is 9.74. The molecule has 0 unspecified atom stereocenters. The van der Waals surface area contributed by atoms with Crippen LogP contribution >= 0.6 is 0 Å². The first-order chi connectivity index (χ1) is 18.5. The number of amides is 1. The summed E-state index contributed by atoms with van der Waals surface area (Å²) in [4.78, 5) is 25.2. The van der Waals surface area contributed by atoms with Crippen LogP contribution in [0.15, 0.2) is 59.7 Å². The number of piperidine rings is 1. The quantitative estimate of drug-likeness (QED) is 0.375. The third-order valence-corrected chi connectivity index (χ3v) is 7.50. The van der Waals surface area contributed by atoms with E-state index in [1.807, 2.05) is 37.3 Å². The number of rotatable bonds is 9. The van der Waals surface area contributed by atoms with Crippen LogP contribution < -0.4 is 16.3 Å². The Hall–Kier alpha value is -3.44. The van der Waals surface area contributed by atoms with Gasteiger partial charge >= 0.3 is 11.9 Å². The van der Waals surface area contributed by atoms with Crippen molar-refractivity contribution in [2.45, 2.75) is 63.4 Å². The first kappa shape index (κ1) is 28.6. The topological polar surface area (TPSA) is 101 Å². The van der Waals surface area contributed by atoms with Gasteiger partial charge in [-0.25, -0.2) is 9.89 Å². The van der Waals surface area contributed by atoms with Crippen molar-refractivity contribution >= 4 is 5.91 Å². The van der Waals surface area contributed by atoms with E-state index in [9.17, 15) is 22.8 Å². The molecule has 2 heterocycles. The summed E-state index contributed by atoms with van der Waals surface area (Å²) >= 11 is 0. The summed E-state index contributed by atoms with van der Waals surface area (Å²) < 4.78 is 48.0. The predicted molar refractivity (Wildman–Crippen MR) is 140 cm³/mol. The van der Waals surface area contributed by atoms with Gasteiger partial charge in [0.1, 0.15) is 6.33 Å². The maximum absolute atomic E-state index is 13.4. The van der Waals surface area contributed by atoms with Crippen molar-refractivity contribution in [2.75, 3.05) is 19.7 Å². The highest BCUT2D eigenvalue weighted by Crippen LogP contribution is 2.40. The number of halogens is 3. The molecule has 1 fully saturated rings. The van der Waals surface area contributed by atoms with E-state index in [4.69, 9.17) is 4.74 Å². The van der Waals surface area contributed by atoms with E-state index in [0.29, 0.717) is 30.5 Å². The number of nitrogens with one attached hydrogen (secondary N) is 3. The molecule has 11 heteroatoms. The van der Waals surface area contributed by atoms with Crippen molar-refractivity contribution in [3.63, 3.8) is 0 Å². The number of aromatic nitrogens is 3. The highest BCUT2D eigenvalue weighted by molar-refractivity contribution is 5.77. The second-order valence-corrected chi connectivity index (χ2v) is 10.3. The summed E-state index contributed by atoms with van der Waals surface area (Å²) in [6, 6.07) is 13.6. The van der Waals surface area contributed by atoms with Crippen molar-refractivity contribution in [3.05, 3.63) is 87.6 Å². The number of carbonyl (C=O) groups excluding carboxylic acids is 1. The summed E-state index contributed by atoms with van der Waals surface area (Å²) in [5, 5.41) is 12.7. The number of nitrogens with zero attached hydrogens (tertiary/aromatic N) is 2. The fourth-order valence-electron chi connectivity index (χ4n) is 5.33. The molecule has 8 nitrogen and oxygen atoms in total. The van der Waals surface area contributed by atoms with Crippen LogP contribution in [-0.4, -0.2) is 40.4 Å². The van der Waals surface area contributed by atoms with E-state index in [0.717, 1.165) is 17.7 Å². The number of ether oxygens (including phenoxy) is 1. The van der Waals surface area contributed by atoms with Gasteiger partial charge in [-0.15, -0.1) is 0 Å². The molecule has 1 aliphatic heterocycles. The zero-order valence-corrected chi connectivity index (χ0v) is 22.3. The molecular weight excluding hydrogens is 511 g/mol. The minimum absolute atomic E-state index is 0.0823. The van der Waals surface area contributed by atoms with Crippen molar-refractivity contribution in [1.82, 2.24) is 25.4 Å². The van der Waals surface area contributed by atoms with E-state index in [2.05, 4.69) is 20.8 Å². The number of carbonyl (C=O) groups is 1. The second kappa shape index (κ2) is 11.4. The monoisotopic (exact) mass is 545 g/mol. The van der Waals surface area contributed by atoms with E-state index in [1.165, 1.54) is 10.9 Å². The summed E-state index contributed by atoms with van der Waals surface area (Å²) in [7, 11) is 0. The minimum atomic E-state index is -4.45. The highest BCUT2D eigenvalue weighted by atomic mass is 19.4. The fraction of sp³-hybridized carbons (Fsp3) is 0.464. The van der Waals surface area contributed by atoms with Crippen LogP contribution in [-0.2, 0) is 26.8 Å². The number of hydrogen-bond acceptors (Lipinski definition) is 5. The molecule has 1 amide bonds. The Morgan fingerprint density at radius 3 is 2.54 bits per heavy atom. The average molecular weight is 546 g/mol. The summed E-state index contributed by atoms with van der Waals surface area (Å²) in [5.74, 6) is -0.176. The van der Waals surface area contributed by atoms with Crippen LogP contribution in [0.4, 0.5) is 13.2 Å². The van der Waals surface area contributed by atoms with Gasteiger partial charge in [-0.1, -0.05) is 42.0 Å². The standard InChI is InChI=1S/C28H34F3N5O3/c1-4-32-24(37)15-26(36-18-34-35-25(36)38)10-11-27(33-16-26,22-8-6-5-7-9-22)17-39-20(3)21-12-19(2)13-23(14-21)28(29,30)31/h5-9,12-14,18,20,33H,4,10-11,15-17H2,1-3H3,(H,32,37)(H,35,38)/t20-,26-,27-/m1/s1. The van der Waals surface area contributed by atoms with Gasteiger partial charge in [0.15, 0.2) is 0 Å². The normalized spacial score (nSPS) is 22.4. The molecule has 0 radical (unpaired) electrons. The van der Waals surface area contributed by atoms with Crippen LogP contribution in [0, 0.1) is 6.92 Å². The highest BCUT2D eigenvalue weighted by Gasteiger charge is 2.46. The molecule has 1 aromatic heterocycles. The Balaban J connectivity index is 1.61. The van der Waals surface area contributed by atoms with Gasteiger partial charge in [-0.2, -0.15) is 18.3 Å². The molecule has 0 spiro atoms. The van der Waals surface area contributed by atoms with E-state index in [-0.39, 0.29) is 25.5 Å². The minimum Gasteiger partial charge on any atom is -0.372 e. The molecule has 3 aromatic rings. The van der Waals surface area contributed by atoms with E-state index < -0.39 is 34.6 Å². The molecule has 3 atom stereocenters. The first-order valence-electron chi connectivity index (χ1n) is 13.0. The number of hydrogen-bond donors (Lipinski definition) is 3. The summed E-state index contributed by atoms with van der Waals surface area (Å²) in [5.41, 5.74) is -0.763. The lowest BCUT2D eigenvalue weighted by Gasteiger charge is -2.47. The van der Waals surface area contributed by atoms with Gasteiger partial charge in [0, 0.05) is 13.1 Å². The molecule has 210 valence electrons. The molecular formula is C28H34F3N5O3. The second-order valence-electron chi connectivity index (χ2n) is 10.3. The van der Waals surface area contributed by atoms with Gasteiger partial charge in [0.2, 0.25) is 5.91 Å². The number of H-pyrrole nitrogens is 1. The first-order valence-corrected chi connectivity index (χ1v) is 13.0. The van der Waals surface area contributed by atoms with Crippen molar-refractivity contribution in [1.29, 1.82) is 0 Å². The Morgan fingerprint density at radius 2 is 1.95 bits per heavy atom. The smallest absolute Gasteiger partial charge is 0.372 e. The molecule has 3 N–H and O–H groups in total. The number of aryl methyl sites for hydroxylation is 1.